The molecule has 0 saturated heterocycles. The van der Waals surface area contributed by atoms with Gasteiger partial charge in [0.05, 0.1) is 0 Å². The highest BCUT2D eigenvalue weighted by molar-refractivity contribution is 5.76. The molecule has 106 valence electrons. The lowest BCUT2D eigenvalue weighted by Crippen LogP contribution is -2.38. The molecule has 2 rings (SSSR count). The zero-order valence-electron chi connectivity index (χ0n) is 12.0. The van der Waals surface area contributed by atoms with E-state index >= 15 is 0 Å². The van der Waals surface area contributed by atoms with Crippen LogP contribution in [0, 0.1) is 6.92 Å². The number of rotatable bonds is 5. The number of hydrogen-bond donors (Lipinski definition) is 0. The maximum atomic E-state index is 12.4. The van der Waals surface area contributed by atoms with E-state index in [2.05, 4.69) is 15.5 Å². The van der Waals surface area contributed by atoms with Gasteiger partial charge in [0.25, 0.3) is 0 Å². The lowest BCUT2D eigenvalue weighted by molar-refractivity contribution is -0.134. The van der Waals surface area contributed by atoms with Gasteiger partial charge in [-0.2, -0.15) is 0 Å². The molecule has 0 unspecified atom stereocenters. The molecule has 0 saturated carbocycles. The van der Waals surface area contributed by atoms with Crippen LogP contribution in [0.5, 0.6) is 0 Å². The zero-order valence-corrected chi connectivity index (χ0v) is 12.0. The fourth-order valence-corrected chi connectivity index (χ4v) is 1.95. The molecule has 2 aromatic rings. The van der Waals surface area contributed by atoms with E-state index in [0.717, 1.165) is 5.56 Å². The van der Waals surface area contributed by atoms with Gasteiger partial charge in [-0.05, 0) is 36.8 Å². The number of carbonyl (C=O) groups is 1. The molecule has 0 aliphatic rings. The van der Waals surface area contributed by atoms with Crippen molar-refractivity contribution in [2.45, 2.75) is 39.9 Å². The molecule has 0 atom stereocenters. The second-order valence-electron chi connectivity index (χ2n) is 4.98. The summed E-state index contributed by atoms with van der Waals surface area (Å²) in [5.41, 5.74) is 1.11. The van der Waals surface area contributed by atoms with Gasteiger partial charge >= 0.3 is 0 Å². The van der Waals surface area contributed by atoms with Gasteiger partial charge < -0.3 is 4.90 Å². The van der Waals surface area contributed by atoms with Gasteiger partial charge in [0.1, 0.15) is 12.4 Å². The Morgan fingerprint density at radius 3 is 2.55 bits per heavy atom. The molecule has 0 aliphatic carbocycles. The molecule has 0 aliphatic heterocycles. The maximum absolute atomic E-state index is 12.4. The Labute approximate surface area is 118 Å². The van der Waals surface area contributed by atoms with Crippen molar-refractivity contribution in [2.75, 3.05) is 0 Å². The smallest absolute Gasteiger partial charge is 0.244 e. The second-order valence-corrected chi connectivity index (χ2v) is 4.98. The molecule has 0 bridgehead atoms. The number of amides is 1. The predicted octanol–water partition coefficient (Wildman–Crippen LogP) is 1.42. The van der Waals surface area contributed by atoms with E-state index in [-0.39, 0.29) is 18.5 Å². The molecule has 1 heterocycles. The van der Waals surface area contributed by atoms with Gasteiger partial charge in [-0.25, -0.2) is 4.68 Å². The Balaban J connectivity index is 2.08. The number of aryl methyl sites for hydroxylation is 1. The van der Waals surface area contributed by atoms with E-state index in [1.54, 1.807) is 6.92 Å². The van der Waals surface area contributed by atoms with Gasteiger partial charge in [-0.3, -0.25) is 4.79 Å². The Hall–Kier alpha value is -2.24. The summed E-state index contributed by atoms with van der Waals surface area (Å²) in [5.74, 6) is 0.654. The van der Waals surface area contributed by atoms with Crippen molar-refractivity contribution >= 4 is 5.91 Å². The van der Waals surface area contributed by atoms with Gasteiger partial charge in [0.2, 0.25) is 5.91 Å². The lowest BCUT2D eigenvalue weighted by atomic mass is 10.2. The van der Waals surface area contributed by atoms with Gasteiger partial charge in [-0.15, -0.1) is 5.10 Å². The van der Waals surface area contributed by atoms with Crippen LogP contribution >= 0.6 is 0 Å². The average molecular weight is 273 g/mol. The summed E-state index contributed by atoms with van der Waals surface area (Å²) in [7, 11) is 0. The average Bonchev–Trinajstić information content (AvgIpc) is 2.82. The molecule has 6 nitrogen and oxygen atoms in total. The molecular weight excluding hydrogens is 254 g/mol. The van der Waals surface area contributed by atoms with Crippen molar-refractivity contribution in [3.05, 3.63) is 41.7 Å². The Bertz CT molecular complexity index is 564. The summed E-state index contributed by atoms with van der Waals surface area (Å²) < 4.78 is 1.52. The molecule has 1 aromatic carbocycles. The van der Waals surface area contributed by atoms with E-state index in [1.807, 2.05) is 49.1 Å². The van der Waals surface area contributed by atoms with Crippen LogP contribution in [0.4, 0.5) is 0 Å². The van der Waals surface area contributed by atoms with Crippen LogP contribution in [-0.2, 0) is 17.9 Å². The Kier molecular flexibility index (Phi) is 4.45. The molecule has 0 fully saturated rings. The standard InChI is InChI=1S/C14H19N5O/c1-11(2)18(9-13-7-5-4-6-8-13)14(20)10-19-12(3)15-16-17-19/h4-8,11H,9-10H2,1-3H3. The largest absolute Gasteiger partial charge is 0.334 e. The molecular formula is C14H19N5O. The van der Waals surface area contributed by atoms with Gasteiger partial charge in [0.15, 0.2) is 0 Å². The van der Waals surface area contributed by atoms with E-state index < -0.39 is 0 Å². The summed E-state index contributed by atoms with van der Waals surface area (Å²) in [5, 5.41) is 11.2. The maximum Gasteiger partial charge on any atom is 0.244 e. The SMILES string of the molecule is Cc1nnnn1CC(=O)N(Cc1ccccc1)C(C)C. The number of carbonyl (C=O) groups excluding carboxylic acids is 1. The summed E-state index contributed by atoms with van der Waals surface area (Å²) in [6.45, 7) is 6.56. The number of benzene rings is 1. The minimum Gasteiger partial charge on any atom is -0.334 e. The fourth-order valence-electron chi connectivity index (χ4n) is 1.95. The Morgan fingerprint density at radius 2 is 2.00 bits per heavy atom. The van der Waals surface area contributed by atoms with Crippen molar-refractivity contribution < 1.29 is 4.79 Å². The summed E-state index contributed by atoms with van der Waals surface area (Å²) >= 11 is 0. The molecule has 6 heteroatoms. The van der Waals surface area contributed by atoms with Crippen molar-refractivity contribution in [3.63, 3.8) is 0 Å². The first-order chi connectivity index (χ1) is 9.58. The van der Waals surface area contributed by atoms with E-state index in [0.29, 0.717) is 12.4 Å². The number of aromatic nitrogens is 4. The van der Waals surface area contributed by atoms with E-state index in [9.17, 15) is 4.79 Å². The summed E-state index contributed by atoms with van der Waals surface area (Å²) in [6, 6.07) is 10.1. The summed E-state index contributed by atoms with van der Waals surface area (Å²) in [6.07, 6.45) is 0. The third-order valence-electron chi connectivity index (χ3n) is 3.14. The highest BCUT2D eigenvalue weighted by atomic mass is 16.2. The van der Waals surface area contributed by atoms with Crippen LogP contribution in [0.3, 0.4) is 0 Å². The molecule has 0 spiro atoms. The lowest BCUT2D eigenvalue weighted by Gasteiger charge is -2.27. The van der Waals surface area contributed by atoms with Crippen LogP contribution < -0.4 is 0 Å². The summed E-state index contributed by atoms with van der Waals surface area (Å²) in [4.78, 5) is 14.2. The van der Waals surface area contributed by atoms with E-state index in [4.69, 9.17) is 0 Å². The molecule has 20 heavy (non-hydrogen) atoms. The fraction of sp³-hybridized carbons (Fsp3) is 0.429. The molecule has 1 amide bonds. The third-order valence-corrected chi connectivity index (χ3v) is 3.14. The molecule has 1 aromatic heterocycles. The van der Waals surface area contributed by atoms with Gasteiger partial charge in [0, 0.05) is 12.6 Å². The van der Waals surface area contributed by atoms with Crippen LogP contribution in [0.15, 0.2) is 30.3 Å². The topological polar surface area (TPSA) is 63.9 Å². The van der Waals surface area contributed by atoms with Crippen molar-refractivity contribution in [3.8, 4) is 0 Å². The minimum atomic E-state index is 0.0132. The zero-order chi connectivity index (χ0) is 14.5. The molecule has 0 radical (unpaired) electrons. The Morgan fingerprint density at radius 1 is 1.30 bits per heavy atom. The van der Waals surface area contributed by atoms with Crippen molar-refractivity contribution in [1.29, 1.82) is 0 Å². The number of hydrogen-bond acceptors (Lipinski definition) is 4. The van der Waals surface area contributed by atoms with E-state index in [1.165, 1.54) is 4.68 Å². The number of tetrazole rings is 1. The first-order valence-corrected chi connectivity index (χ1v) is 6.64. The second kappa shape index (κ2) is 6.27. The van der Waals surface area contributed by atoms with Crippen molar-refractivity contribution in [1.82, 2.24) is 25.1 Å². The predicted molar refractivity (Wildman–Crippen MR) is 74.7 cm³/mol. The van der Waals surface area contributed by atoms with Crippen LogP contribution in [-0.4, -0.2) is 37.1 Å². The quantitative estimate of drug-likeness (QED) is 0.826. The molecule has 0 N–H and O–H groups in total. The monoisotopic (exact) mass is 273 g/mol. The minimum absolute atomic E-state index is 0.0132. The normalized spacial score (nSPS) is 10.8. The highest BCUT2D eigenvalue weighted by Gasteiger charge is 2.18. The highest BCUT2D eigenvalue weighted by Crippen LogP contribution is 2.09. The van der Waals surface area contributed by atoms with Crippen LogP contribution in [0.25, 0.3) is 0 Å². The van der Waals surface area contributed by atoms with Crippen LogP contribution in [0.1, 0.15) is 25.2 Å². The first-order valence-electron chi connectivity index (χ1n) is 6.64. The third kappa shape index (κ3) is 3.40. The van der Waals surface area contributed by atoms with Crippen LogP contribution in [0.2, 0.25) is 0 Å². The van der Waals surface area contributed by atoms with Gasteiger partial charge in [-0.1, -0.05) is 30.3 Å². The van der Waals surface area contributed by atoms with Crippen molar-refractivity contribution in [2.24, 2.45) is 0 Å². The first kappa shape index (κ1) is 14.2. The number of nitrogens with zero attached hydrogens (tertiary/aromatic N) is 5.